The number of aromatic nitrogens is 2. The van der Waals surface area contributed by atoms with Gasteiger partial charge in [0.25, 0.3) is 5.91 Å². The molecule has 3 N–H and O–H groups in total. The number of imidazole rings is 1. The van der Waals surface area contributed by atoms with Gasteiger partial charge in [0.1, 0.15) is 5.75 Å². The van der Waals surface area contributed by atoms with Crippen molar-refractivity contribution >= 4 is 34.7 Å². The van der Waals surface area contributed by atoms with Gasteiger partial charge in [-0.15, -0.1) is 0 Å². The summed E-state index contributed by atoms with van der Waals surface area (Å²) < 4.78 is 61.2. The molecule has 196 valence electrons. The van der Waals surface area contributed by atoms with Gasteiger partial charge in [0.15, 0.2) is 5.72 Å². The zero-order valence-electron chi connectivity index (χ0n) is 19.4. The number of fused-ring (bicyclic) bond motifs is 2. The molecule has 5 rings (SSSR count). The van der Waals surface area contributed by atoms with Crippen molar-refractivity contribution in [2.24, 2.45) is 0 Å². The number of hydrogen-bond donors (Lipinski definition) is 3. The van der Waals surface area contributed by atoms with Crippen LogP contribution in [0.3, 0.4) is 0 Å². The quantitative estimate of drug-likeness (QED) is 0.308. The highest BCUT2D eigenvalue weighted by molar-refractivity contribution is 6.12. The van der Waals surface area contributed by atoms with E-state index in [1.54, 1.807) is 12.1 Å². The summed E-state index contributed by atoms with van der Waals surface area (Å²) in [5, 5.41) is 14.5. The zero-order chi connectivity index (χ0) is 27.2. The summed E-state index contributed by atoms with van der Waals surface area (Å²) in [5.41, 5.74) is -0.926. The number of carbonyl (C=O) groups excluding carboxylic acids is 2. The summed E-state index contributed by atoms with van der Waals surface area (Å²) in [7, 11) is 1.18. The average Bonchev–Trinajstić information content (AvgIpc) is 3.39. The molecule has 1 unspecified atom stereocenters. The van der Waals surface area contributed by atoms with Crippen LogP contribution in [0.2, 0.25) is 0 Å². The Hall–Kier alpha value is -4.65. The molecule has 38 heavy (non-hydrogen) atoms. The lowest BCUT2D eigenvalue weighted by Gasteiger charge is -2.35. The number of halogens is 4. The van der Waals surface area contributed by atoms with Crippen molar-refractivity contribution in [1.82, 2.24) is 9.97 Å². The van der Waals surface area contributed by atoms with E-state index in [4.69, 9.17) is 0 Å². The number of aliphatic hydroxyl groups is 1. The van der Waals surface area contributed by atoms with Crippen LogP contribution in [-0.2, 0) is 10.5 Å². The molecule has 0 spiro atoms. The first kappa shape index (κ1) is 25.0. The summed E-state index contributed by atoms with van der Waals surface area (Å²) in [4.78, 5) is 33.1. The predicted molar refractivity (Wildman–Crippen MR) is 126 cm³/mol. The highest BCUT2D eigenvalue weighted by Crippen LogP contribution is 2.46. The first-order valence-electron chi connectivity index (χ1n) is 11.0. The monoisotopic (exact) mass is 530 g/mol. The molecule has 1 aliphatic heterocycles. The summed E-state index contributed by atoms with van der Waals surface area (Å²) >= 11 is 0. The largest absolute Gasteiger partial charge is 0.461 e. The van der Waals surface area contributed by atoms with E-state index < -0.39 is 36.0 Å². The Morgan fingerprint density at radius 2 is 1.89 bits per heavy atom. The second-order valence-electron chi connectivity index (χ2n) is 8.25. The topological polar surface area (TPSA) is 117 Å². The molecule has 1 aliphatic rings. The molecular weight excluding hydrogens is 512 g/mol. The van der Waals surface area contributed by atoms with E-state index in [9.17, 15) is 32.3 Å². The highest BCUT2D eigenvalue weighted by atomic mass is 19.3. The third kappa shape index (κ3) is 4.06. The number of ether oxygens (including phenoxy) is 2. The van der Waals surface area contributed by atoms with Gasteiger partial charge in [-0.25, -0.2) is 9.78 Å². The number of benzene rings is 3. The summed E-state index contributed by atoms with van der Waals surface area (Å²) in [6.45, 7) is 0. The second kappa shape index (κ2) is 9.03. The summed E-state index contributed by atoms with van der Waals surface area (Å²) in [5.74, 6) is -1.24. The number of H-pyrrole nitrogens is 1. The Bertz CT molecular complexity index is 1560. The van der Waals surface area contributed by atoms with Crippen molar-refractivity contribution in [1.29, 1.82) is 0 Å². The number of nitrogens with one attached hydrogen (secondary N) is 2. The van der Waals surface area contributed by atoms with Gasteiger partial charge in [-0.3, -0.25) is 15.0 Å². The van der Waals surface area contributed by atoms with Gasteiger partial charge < -0.3 is 19.6 Å². The number of anilines is 2. The number of aromatic amines is 1. The van der Waals surface area contributed by atoms with E-state index in [-0.39, 0.29) is 28.3 Å². The van der Waals surface area contributed by atoms with Gasteiger partial charge in [0, 0.05) is 22.8 Å². The molecule has 0 bridgehead atoms. The van der Waals surface area contributed by atoms with Crippen molar-refractivity contribution in [2.75, 3.05) is 17.3 Å². The SMILES string of the molecule is COC(=O)Nc1nc2ccc(C3(O)c4ccccc4C(=O)N3c3cccc(OC(F)(F)C(F)F)c3)cc2[nH]1. The fourth-order valence-electron chi connectivity index (χ4n) is 4.27. The van der Waals surface area contributed by atoms with E-state index in [1.165, 1.54) is 49.6 Å². The lowest BCUT2D eigenvalue weighted by molar-refractivity contribution is -0.253. The van der Waals surface area contributed by atoms with Crippen LogP contribution in [-0.4, -0.2) is 46.7 Å². The van der Waals surface area contributed by atoms with Crippen molar-refractivity contribution in [2.45, 2.75) is 18.3 Å². The Kier molecular flexibility index (Phi) is 5.94. The molecule has 0 aliphatic carbocycles. The van der Waals surface area contributed by atoms with Crippen molar-refractivity contribution in [3.05, 3.63) is 83.4 Å². The van der Waals surface area contributed by atoms with Crippen LogP contribution in [0.5, 0.6) is 5.75 Å². The van der Waals surface area contributed by atoms with Crippen LogP contribution >= 0.6 is 0 Å². The summed E-state index contributed by atoms with van der Waals surface area (Å²) in [6, 6.07) is 15.3. The van der Waals surface area contributed by atoms with Gasteiger partial charge in [0.2, 0.25) is 5.95 Å². The van der Waals surface area contributed by atoms with E-state index in [0.29, 0.717) is 11.0 Å². The average molecular weight is 530 g/mol. The molecule has 0 saturated heterocycles. The molecule has 2 amide bonds. The maximum absolute atomic E-state index is 13.6. The van der Waals surface area contributed by atoms with E-state index >= 15 is 0 Å². The molecule has 0 saturated carbocycles. The lowest BCUT2D eigenvalue weighted by Crippen LogP contribution is -2.45. The second-order valence-corrected chi connectivity index (χ2v) is 8.25. The number of rotatable bonds is 6. The van der Waals surface area contributed by atoms with Crippen LogP contribution in [0.25, 0.3) is 11.0 Å². The normalized spacial score (nSPS) is 17.1. The molecule has 13 heteroatoms. The van der Waals surface area contributed by atoms with Gasteiger partial charge >= 0.3 is 18.6 Å². The maximum Gasteiger partial charge on any atom is 0.461 e. The number of hydrogen-bond acceptors (Lipinski definition) is 6. The van der Waals surface area contributed by atoms with E-state index in [2.05, 4.69) is 24.8 Å². The third-order valence-corrected chi connectivity index (χ3v) is 5.93. The predicted octanol–water partition coefficient (Wildman–Crippen LogP) is 4.83. The first-order valence-corrected chi connectivity index (χ1v) is 11.0. The Morgan fingerprint density at radius 3 is 2.63 bits per heavy atom. The van der Waals surface area contributed by atoms with E-state index in [1.807, 2.05) is 0 Å². The number of nitrogens with zero attached hydrogens (tertiary/aromatic N) is 2. The van der Waals surface area contributed by atoms with Crippen LogP contribution < -0.4 is 15.0 Å². The first-order chi connectivity index (χ1) is 18.0. The number of amides is 2. The number of carbonyl (C=O) groups is 2. The van der Waals surface area contributed by atoms with Crippen molar-refractivity contribution < 1.29 is 41.7 Å². The third-order valence-electron chi connectivity index (χ3n) is 5.93. The zero-order valence-corrected chi connectivity index (χ0v) is 19.4. The fraction of sp³-hybridized carbons (Fsp3) is 0.160. The molecule has 9 nitrogen and oxygen atoms in total. The molecule has 3 aromatic carbocycles. The van der Waals surface area contributed by atoms with Crippen LogP contribution in [0, 0.1) is 0 Å². The Balaban J connectivity index is 1.62. The van der Waals surface area contributed by atoms with Crippen LogP contribution in [0.1, 0.15) is 21.5 Å². The molecule has 1 atom stereocenters. The molecular formula is C25H18F4N4O5. The Morgan fingerprint density at radius 1 is 1.13 bits per heavy atom. The molecule has 0 fully saturated rings. The van der Waals surface area contributed by atoms with Gasteiger partial charge in [-0.2, -0.15) is 17.6 Å². The van der Waals surface area contributed by atoms with Crippen molar-refractivity contribution in [3.8, 4) is 5.75 Å². The van der Waals surface area contributed by atoms with Gasteiger partial charge in [0.05, 0.1) is 23.8 Å². The lowest BCUT2D eigenvalue weighted by atomic mass is 9.93. The molecule has 4 aromatic rings. The molecule has 1 aromatic heterocycles. The standard InChI is InChI=1S/C25H18F4N4O5/c1-37-23(35)32-22-30-18-10-9-13(11-19(18)31-22)24(36)17-8-3-2-7-16(17)20(34)33(24)14-5-4-6-15(12-14)38-25(28,29)21(26)27/h2-12,21,36H,1H3,(H2,30,31,32,35). The minimum absolute atomic E-state index is 0.0700. The van der Waals surface area contributed by atoms with Crippen molar-refractivity contribution in [3.63, 3.8) is 0 Å². The smallest absolute Gasteiger partial charge is 0.453 e. The van der Waals surface area contributed by atoms with Crippen LogP contribution in [0.4, 0.5) is 34.0 Å². The van der Waals surface area contributed by atoms with Crippen LogP contribution in [0.15, 0.2) is 66.7 Å². The molecule has 2 heterocycles. The fourth-order valence-corrected chi connectivity index (χ4v) is 4.27. The minimum atomic E-state index is -4.77. The minimum Gasteiger partial charge on any atom is -0.453 e. The van der Waals surface area contributed by atoms with E-state index in [0.717, 1.165) is 17.0 Å². The summed E-state index contributed by atoms with van der Waals surface area (Å²) in [6.07, 6.45) is -9.61. The maximum atomic E-state index is 13.6. The van der Waals surface area contributed by atoms with Gasteiger partial charge in [-0.05, 0) is 30.3 Å². The molecule has 0 radical (unpaired) electrons. The highest BCUT2D eigenvalue weighted by Gasteiger charge is 2.51. The Labute approximate surface area is 211 Å². The van der Waals surface area contributed by atoms with Gasteiger partial charge in [-0.1, -0.05) is 30.3 Å². The number of alkyl halides is 4. The number of methoxy groups -OCH3 is 1.